The molecule has 6 heteroatoms. The standard InChI is InChI=1S/C21H23N3O3/c1-15-8-10-18(11-9-15)24-16(2)20(26)23(21(24)27)14-19(25)22-13-12-17-6-4-3-5-7-17/h3-11,16H,12-14H2,1-2H3,(H,22,25). The normalized spacial score (nSPS) is 16.7. The molecule has 0 aliphatic carbocycles. The first kappa shape index (κ1) is 18.6. The summed E-state index contributed by atoms with van der Waals surface area (Å²) in [4.78, 5) is 39.8. The first-order valence-electron chi connectivity index (χ1n) is 8.99. The number of urea groups is 1. The highest BCUT2D eigenvalue weighted by molar-refractivity contribution is 6.15. The third-order valence-corrected chi connectivity index (χ3v) is 4.64. The molecule has 0 aromatic heterocycles. The Kier molecular flexibility index (Phi) is 5.54. The Hall–Kier alpha value is -3.15. The Bertz CT molecular complexity index is 834. The number of carbonyl (C=O) groups is 3. The van der Waals surface area contributed by atoms with E-state index in [0.29, 0.717) is 18.7 Å². The first-order valence-corrected chi connectivity index (χ1v) is 8.99. The fourth-order valence-electron chi connectivity index (χ4n) is 3.10. The third kappa shape index (κ3) is 4.16. The van der Waals surface area contributed by atoms with E-state index in [1.165, 1.54) is 4.90 Å². The molecule has 1 saturated heterocycles. The van der Waals surface area contributed by atoms with Gasteiger partial charge in [-0.2, -0.15) is 0 Å². The maximum atomic E-state index is 12.7. The maximum absolute atomic E-state index is 12.7. The number of nitrogens with one attached hydrogen (secondary N) is 1. The number of rotatable bonds is 6. The molecule has 1 aliphatic heterocycles. The molecule has 0 radical (unpaired) electrons. The van der Waals surface area contributed by atoms with Crippen molar-refractivity contribution in [3.05, 3.63) is 65.7 Å². The van der Waals surface area contributed by atoms with Gasteiger partial charge in [-0.3, -0.25) is 19.4 Å². The van der Waals surface area contributed by atoms with Crippen molar-refractivity contribution in [2.75, 3.05) is 18.0 Å². The van der Waals surface area contributed by atoms with E-state index in [0.717, 1.165) is 16.0 Å². The van der Waals surface area contributed by atoms with Crippen LogP contribution in [-0.4, -0.2) is 41.9 Å². The van der Waals surface area contributed by atoms with Crippen LogP contribution < -0.4 is 10.2 Å². The van der Waals surface area contributed by atoms with Crippen LogP contribution in [0.3, 0.4) is 0 Å². The summed E-state index contributed by atoms with van der Waals surface area (Å²) in [5.74, 6) is -0.704. The zero-order valence-corrected chi connectivity index (χ0v) is 15.5. The fourth-order valence-corrected chi connectivity index (χ4v) is 3.10. The summed E-state index contributed by atoms with van der Waals surface area (Å²) in [7, 11) is 0. The minimum absolute atomic E-state index is 0.265. The average Bonchev–Trinajstić information content (AvgIpc) is 2.87. The number of benzene rings is 2. The zero-order chi connectivity index (χ0) is 19.4. The number of imide groups is 1. The summed E-state index contributed by atoms with van der Waals surface area (Å²) >= 11 is 0. The fraction of sp³-hybridized carbons (Fsp3) is 0.286. The van der Waals surface area contributed by atoms with E-state index >= 15 is 0 Å². The molecule has 1 fully saturated rings. The Labute approximate surface area is 158 Å². The molecule has 1 heterocycles. The Balaban J connectivity index is 1.59. The van der Waals surface area contributed by atoms with Gasteiger partial charge in [0.05, 0.1) is 0 Å². The van der Waals surface area contributed by atoms with Crippen molar-refractivity contribution in [1.82, 2.24) is 10.2 Å². The molecule has 1 unspecified atom stereocenters. The predicted octanol–water partition coefficient (Wildman–Crippen LogP) is 2.51. The molecule has 3 rings (SSSR count). The van der Waals surface area contributed by atoms with E-state index in [1.54, 1.807) is 19.1 Å². The molecule has 1 aliphatic rings. The molecule has 0 saturated carbocycles. The lowest BCUT2D eigenvalue weighted by Crippen LogP contribution is -2.42. The highest BCUT2D eigenvalue weighted by Gasteiger charge is 2.43. The van der Waals surface area contributed by atoms with Crippen LogP contribution in [0.15, 0.2) is 54.6 Å². The monoisotopic (exact) mass is 365 g/mol. The van der Waals surface area contributed by atoms with Gasteiger partial charge in [-0.15, -0.1) is 0 Å². The SMILES string of the molecule is Cc1ccc(N2C(=O)N(CC(=O)NCCc3ccccc3)C(=O)C2C)cc1. The molecule has 27 heavy (non-hydrogen) atoms. The number of anilines is 1. The number of aryl methyl sites for hydroxylation is 1. The van der Waals surface area contributed by atoms with Crippen molar-refractivity contribution in [1.29, 1.82) is 0 Å². The lowest BCUT2D eigenvalue weighted by atomic mass is 10.1. The minimum Gasteiger partial charge on any atom is -0.354 e. The van der Waals surface area contributed by atoms with E-state index < -0.39 is 12.1 Å². The van der Waals surface area contributed by atoms with Gasteiger partial charge in [0.25, 0.3) is 5.91 Å². The second-order valence-electron chi connectivity index (χ2n) is 6.67. The summed E-state index contributed by atoms with van der Waals surface area (Å²) in [6.07, 6.45) is 0.695. The largest absolute Gasteiger partial charge is 0.354 e. The Morgan fingerprint density at radius 3 is 2.37 bits per heavy atom. The van der Waals surface area contributed by atoms with E-state index in [-0.39, 0.29) is 18.4 Å². The number of amides is 4. The average molecular weight is 365 g/mol. The topological polar surface area (TPSA) is 69.7 Å². The van der Waals surface area contributed by atoms with E-state index in [4.69, 9.17) is 0 Å². The van der Waals surface area contributed by atoms with Crippen molar-refractivity contribution in [3.63, 3.8) is 0 Å². The van der Waals surface area contributed by atoms with Crippen molar-refractivity contribution in [3.8, 4) is 0 Å². The Morgan fingerprint density at radius 2 is 1.70 bits per heavy atom. The van der Waals surface area contributed by atoms with Gasteiger partial charge in [-0.05, 0) is 38.0 Å². The van der Waals surface area contributed by atoms with Gasteiger partial charge in [-0.25, -0.2) is 4.79 Å². The van der Waals surface area contributed by atoms with Crippen molar-refractivity contribution < 1.29 is 14.4 Å². The van der Waals surface area contributed by atoms with Gasteiger partial charge in [-0.1, -0.05) is 48.0 Å². The summed E-state index contributed by atoms with van der Waals surface area (Å²) in [5.41, 5.74) is 2.84. The summed E-state index contributed by atoms with van der Waals surface area (Å²) in [6, 6.07) is 16.1. The molecule has 0 bridgehead atoms. The molecule has 2 aromatic carbocycles. The first-order chi connectivity index (χ1) is 13.0. The van der Waals surface area contributed by atoms with Crippen LogP contribution in [0.5, 0.6) is 0 Å². The highest BCUT2D eigenvalue weighted by atomic mass is 16.2. The number of hydrogen-bond acceptors (Lipinski definition) is 3. The van der Waals surface area contributed by atoms with Crippen LogP contribution in [0.25, 0.3) is 0 Å². The van der Waals surface area contributed by atoms with Crippen molar-refractivity contribution in [2.45, 2.75) is 26.3 Å². The van der Waals surface area contributed by atoms with Crippen molar-refractivity contribution >= 4 is 23.5 Å². The summed E-state index contributed by atoms with van der Waals surface area (Å²) < 4.78 is 0. The molecule has 0 spiro atoms. The molecular weight excluding hydrogens is 342 g/mol. The molecule has 1 atom stereocenters. The molecule has 4 amide bonds. The van der Waals surface area contributed by atoms with Crippen molar-refractivity contribution in [2.24, 2.45) is 0 Å². The quantitative estimate of drug-likeness (QED) is 0.800. The summed E-state index contributed by atoms with van der Waals surface area (Å²) in [5, 5.41) is 2.77. The number of nitrogens with zero attached hydrogens (tertiary/aromatic N) is 2. The second kappa shape index (κ2) is 8.03. The summed E-state index contributed by atoms with van der Waals surface area (Å²) in [6.45, 7) is 3.82. The highest BCUT2D eigenvalue weighted by Crippen LogP contribution is 2.25. The van der Waals surface area contributed by atoms with Gasteiger partial charge < -0.3 is 5.32 Å². The zero-order valence-electron chi connectivity index (χ0n) is 15.5. The second-order valence-corrected chi connectivity index (χ2v) is 6.67. The molecule has 1 N–H and O–H groups in total. The van der Waals surface area contributed by atoms with E-state index in [1.807, 2.05) is 49.4 Å². The van der Waals surface area contributed by atoms with E-state index in [9.17, 15) is 14.4 Å². The maximum Gasteiger partial charge on any atom is 0.332 e. The number of carbonyl (C=O) groups excluding carboxylic acids is 3. The molecule has 6 nitrogen and oxygen atoms in total. The van der Waals surface area contributed by atoms with Gasteiger partial charge in [0.2, 0.25) is 5.91 Å². The van der Waals surface area contributed by atoms with Crippen LogP contribution in [0, 0.1) is 6.92 Å². The smallest absolute Gasteiger partial charge is 0.332 e. The lowest BCUT2D eigenvalue weighted by Gasteiger charge is -2.19. The molecule has 2 aromatic rings. The van der Waals surface area contributed by atoms with Crippen LogP contribution in [0.4, 0.5) is 10.5 Å². The minimum atomic E-state index is -0.627. The van der Waals surface area contributed by atoms with Crippen LogP contribution in [-0.2, 0) is 16.0 Å². The third-order valence-electron chi connectivity index (χ3n) is 4.64. The van der Waals surface area contributed by atoms with Gasteiger partial charge in [0.1, 0.15) is 12.6 Å². The van der Waals surface area contributed by atoms with E-state index in [2.05, 4.69) is 5.32 Å². The van der Waals surface area contributed by atoms with Crippen LogP contribution in [0.2, 0.25) is 0 Å². The molecular formula is C21H23N3O3. The lowest BCUT2D eigenvalue weighted by molar-refractivity contribution is -0.131. The van der Waals surface area contributed by atoms with Crippen LogP contribution >= 0.6 is 0 Å². The molecule has 140 valence electrons. The van der Waals surface area contributed by atoms with Gasteiger partial charge in [0, 0.05) is 12.2 Å². The van der Waals surface area contributed by atoms with Gasteiger partial charge >= 0.3 is 6.03 Å². The number of hydrogen-bond donors (Lipinski definition) is 1. The predicted molar refractivity (Wildman–Crippen MR) is 103 cm³/mol. The Morgan fingerprint density at radius 1 is 1.04 bits per heavy atom. The van der Waals surface area contributed by atoms with Gasteiger partial charge in [0.15, 0.2) is 0 Å². The van der Waals surface area contributed by atoms with Crippen LogP contribution in [0.1, 0.15) is 18.1 Å².